The van der Waals surface area contributed by atoms with E-state index in [0.717, 1.165) is 6.42 Å². The summed E-state index contributed by atoms with van der Waals surface area (Å²) in [5.74, 6) is 0. The van der Waals surface area contributed by atoms with Crippen molar-refractivity contribution in [3.8, 4) is 0 Å². The van der Waals surface area contributed by atoms with E-state index in [1.165, 1.54) is 11.3 Å². The molecule has 1 aromatic rings. The van der Waals surface area contributed by atoms with Gasteiger partial charge in [0.25, 0.3) is 0 Å². The summed E-state index contributed by atoms with van der Waals surface area (Å²) in [4.78, 5) is 0. The minimum atomic E-state index is 0.147. The third kappa shape index (κ3) is 2.70. The summed E-state index contributed by atoms with van der Waals surface area (Å²) in [6.07, 6.45) is 4.87. The zero-order valence-electron chi connectivity index (χ0n) is 8.49. The van der Waals surface area contributed by atoms with E-state index in [-0.39, 0.29) is 6.04 Å². The van der Waals surface area contributed by atoms with E-state index in [9.17, 15) is 0 Å². The molecule has 1 aromatic heterocycles. The first-order chi connectivity index (χ1) is 6.11. The van der Waals surface area contributed by atoms with Crippen LogP contribution in [0.1, 0.15) is 19.5 Å². The van der Waals surface area contributed by atoms with Gasteiger partial charge in [-0.3, -0.25) is 4.68 Å². The van der Waals surface area contributed by atoms with Gasteiger partial charge >= 0.3 is 0 Å². The number of aromatic nitrogens is 2. The molecule has 0 aromatic carbocycles. The molecule has 1 heterocycles. The molecular formula is C10H17N3. The van der Waals surface area contributed by atoms with Crippen LogP contribution >= 0.6 is 0 Å². The van der Waals surface area contributed by atoms with E-state index in [0.29, 0.717) is 0 Å². The van der Waals surface area contributed by atoms with Crippen LogP contribution in [0.5, 0.6) is 0 Å². The Hall–Kier alpha value is -1.09. The van der Waals surface area contributed by atoms with Gasteiger partial charge < -0.3 is 5.73 Å². The normalized spacial score (nSPS) is 14.6. The molecule has 72 valence electrons. The lowest BCUT2D eigenvalue weighted by atomic mass is 10.1. The number of hydrogen-bond donors (Lipinski definition) is 1. The van der Waals surface area contributed by atoms with E-state index in [1.807, 2.05) is 30.9 Å². The zero-order valence-corrected chi connectivity index (χ0v) is 8.49. The van der Waals surface area contributed by atoms with E-state index in [1.54, 1.807) is 0 Å². The number of rotatable bonds is 3. The second kappa shape index (κ2) is 4.23. The Labute approximate surface area is 79.2 Å². The molecule has 0 amide bonds. The molecule has 0 saturated carbocycles. The highest BCUT2D eigenvalue weighted by atomic mass is 15.2. The molecule has 0 spiro atoms. The summed E-state index contributed by atoms with van der Waals surface area (Å²) in [6, 6.07) is 2.17. The summed E-state index contributed by atoms with van der Waals surface area (Å²) >= 11 is 0. The van der Waals surface area contributed by atoms with Gasteiger partial charge in [-0.15, -0.1) is 0 Å². The van der Waals surface area contributed by atoms with Crippen molar-refractivity contribution < 1.29 is 0 Å². The molecule has 3 heteroatoms. The fraction of sp³-hybridized carbons (Fsp3) is 0.500. The fourth-order valence-electron chi connectivity index (χ4n) is 1.05. The lowest BCUT2D eigenvalue weighted by Crippen LogP contribution is -2.16. The van der Waals surface area contributed by atoms with E-state index in [2.05, 4.69) is 18.1 Å². The van der Waals surface area contributed by atoms with Crippen molar-refractivity contribution in [2.75, 3.05) is 0 Å². The molecule has 0 aliphatic carbocycles. The van der Waals surface area contributed by atoms with Crippen molar-refractivity contribution >= 4 is 0 Å². The molecule has 0 aliphatic rings. The molecule has 2 N–H and O–H groups in total. The number of aryl methyl sites for hydroxylation is 1. The van der Waals surface area contributed by atoms with Crippen molar-refractivity contribution in [2.24, 2.45) is 12.8 Å². The lowest BCUT2D eigenvalue weighted by Gasteiger charge is -2.04. The summed E-state index contributed by atoms with van der Waals surface area (Å²) in [5.41, 5.74) is 8.15. The third-order valence-corrected chi connectivity index (χ3v) is 2.27. The van der Waals surface area contributed by atoms with Gasteiger partial charge in [0.2, 0.25) is 0 Å². The van der Waals surface area contributed by atoms with Gasteiger partial charge in [0, 0.05) is 31.4 Å². The summed E-state index contributed by atoms with van der Waals surface area (Å²) < 4.78 is 1.88. The Balaban J connectivity index is 2.61. The topological polar surface area (TPSA) is 43.8 Å². The first-order valence-corrected chi connectivity index (χ1v) is 4.50. The monoisotopic (exact) mass is 179 g/mol. The van der Waals surface area contributed by atoms with Gasteiger partial charge in [-0.05, 0) is 19.9 Å². The van der Waals surface area contributed by atoms with Gasteiger partial charge in [-0.1, -0.05) is 11.6 Å². The van der Waals surface area contributed by atoms with Crippen LogP contribution in [-0.2, 0) is 13.5 Å². The summed E-state index contributed by atoms with van der Waals surface area (Å²) in [5, 5.41) is 4.10. The van der Waals surface area contributed by atoms with Crippen LogP contribution in [0.2, 0.25) is 0 Å². The molecule has 0 aliphatic heterocycles. The standard InChI is InChI=1S/C10H17N3/c1-8(9(2)11)4-5-10-6-7-12-13(10)3/h4,6-7,9H,5,11H2,1-3H3/b8-4+. The number of nitrogens with two attached hydrogens (primary N) is 1. The second-order valence-electron chi connectivity index (χ2n) is 3.39. The van der Waals surface area contributed by atoms with Crippen molar-refractivity contribution in [1.29, 1.82) is 0 Å². The lowest BCUT2D eigenvalue weighted by molar-refractivity contribution is 0.725. The van der Waals surface area contributed by atoms with Crippen molar-refractivity contribution in [2.45, 2.75) is 26.3 Å². The molecule has 1 unspecified atom stereocenters. The Morgan fingerprint density at radius 1 is 1.77 bits per heavy atom. The molecule has 1 rings (SSSR count). The highest BCUT2D eigenvalue weighted by molar-refractivity contribution is 5.12. The Kier molecular flexibility index (Phi) is 3.25. The van der Waals surface area contributed by atoms with Gasteiger partial charge in [0.05, 0.1) is 0 Å². The molecule has 0 fully saturated rings. The number of nitrogens with zero attached hydrogens (tertiary/aromatic N) is 2. The zero-order chi connectivity index (χ0) is 9.84. The highest BCUT2D eigenvalue weighted by Crippen LogP contribution is 2.03. The quantitative estimate of drug-likeness (QED) is 0.710. The van der Waals surface area contributed by atoms with Gasteiger partial charge in [0.1, 0.15) is 0 Å². The molecule has 1 atom stereocenters. The van der Waals surface area contributed by atoms with Crippen LogP contribution < -0.4 is 5.73 Å². The Morgan fingerprint density at radius 3 is 2.92 bits per heavy atom. The minimum Gasteiger partial charge on any atom is -0.324 e. The molecule has 0 saturated heterocycles. The van der Waals surface area contributed by atoms with Crippen molar-refractivity contribution in [3.05, 3.63) is 29.6 Å². The second-order valence-corrected chi connectivity index (χ2v) is 3.39. The first-order valence-electron chi connectivity index (χ1n) is 4.50. The average molecular weight is 179 g/mol. The maximum atomic E-state index is 5.72. The molecular weight excluding hydrogens is 162 g/mol. The van der Waals surface area contributed by atoms with Crippen LogP contribution in [0.25, 0.3) is 0 Å². The molecule has 0 radical (unpaired) electrons. The first kappa shape index (κ1) is 9.99. The largest absolute Gasteiger partial charge is 0.324 e. The number of allylic oxidation sites excluding steroid dienone is 1. The van der Waals surface area contributed by atoms with Gasteiger partial charge in [-0.25, -0.2) is 0 Å². The van der Waals surface area contributed by atoms with E-state index in [4.69, 9.17) is 5.73 Å². The van der Waals surface area contributed by atoms with Gasteiger partial charge in [-0.2, -0.15) is 5.10 Å². The smallest absolute Gasteiger partial charge is 0.0492 e. The van der Waals surface area contributed by atoms with Gasteiger partial charge in [0.15, 0.2) is 0 Å². The SMILES string of the molecule is C/C(=C\Cc1ccnn1C)C(C)N. The molecule has 0 bridgehead atoms. The van der Waals surface area contributed by atoms with Crippen LogP contribution in [-0.4, -0.2) is 15.8 Å². The van der Waals surface area contributed by atoms with Crippen molar-refractivity contribution in [3.63, 3.8) is 0 Å². The highest BCUT2D eigenvalue weighted by Gasteiger charge is 1.98. The maximum absolute atomic E-state index is 5.72. The van der Waals surface area contributed by atoms with Crippen LogP contribution in [0.15, 0.2) is 23.9 Å². The van der Waals surface area contributed by atoms with Crippen molar-refractivity contribution in [1.82, 2.24) is 9.78 Å². The third-order valence-electron chi connectivity index (χ3n) is 2.27. The van der Waals surface area contributed by atoms with E-state index >= 15 is 0 Å². The molecule has 13 heavy (non-hydrogen) atoms. The maximum Gasteiger partial charge on any atom is 0.0492 e. The average Bonchev–Trinajstić information content (AvgIpc) is 2.47. The van der Waals surface area contributed by atoms with E-state index < -0.39 is 0 Å². The number of hydrogen-bond acceptors (Lipinski definition) is 2. The fourth-order valence-corrected chi connectivity index (χ4v) is 1.05. The van der Waals surface area contributed by atoms with Crippen LogP contribution in [0.3, 0.4) is 0 Å². The summed E-state index contributed by atoms with van der Waals surface area (Å²) in [7, 11) is 1.95. The van der Waals surface area contributed by atoms with Crippen LogP contribution in [0.4, 0.5) is 0 Å². The molecule has 3 nitrogen and oxygen atoms in total. The minimum absolute atomic E-state index is 0.147. The summed E-state index contributed by atoms with van der Waals surface area (Å²) in [6.45, 7) is 4.05. The van der Waals surface area contributed by atoms with Crippen LogP contribution in [0, 0.1) is 0 Å². The Morgan fingerprint density at radius 2 is 2.46 bits per heavy atom. The predicted molar refractivity (Wildman–Crippen MR) is 54.3 cm³/mol. The Bertz CT molecular complexity index is 297. The predicted octanol–water partition coefficient (Wildman–Crippen LogP) is 1.26.